The Morgan fingerprint density at radius 1 is 1.67 bits per heavy atom. The first kappa shape index (κ1) is 9.96. The molecule has 0 spiro atoms. The normalized spacial score (nSPS) is 15.0. The third-order valence-corrected chi connectivity index (χ3v) is 2.59. The zero-order valence-electron chi connectivity index (χ0n) is 8.81. The largest absolute Gasteiger partial charge is 0.399 e. The highest BCUT2D eigenvalue weighted by Gasteiger charge is 2.32. The fraction of sp³-hybridized carbons (Fsp3) is 0.455. The maximum absolute atomic E-state index is 12.0. The van der Waals surface area contributed by atoms with Crippen molar-refractivity contribution in [3.63, 3.8) is 0 Å². The van der Waals surface area contributed by atoms with Crippen molar-refractivity contribution in [3.05, 3.63) is 24.0 Å². The predicted octanol–water partition coefficient (Wildman–Crippen LogP) is 1.29. The summed E-state index contributed by atoms with van der Waals surface area (Å²) in [6, 6.07) is 3.74. The molecule has 1 aliphatic carbocycles. The fourth-order valence-electron chi connectivity index (χ4n) is 1.66. The minimum Gasteiger partial charge on any atom is -0.399 e. The Balaban J connectivity index is 2.18. The van der Waals surface area contributed by atoms with E-state index in [9.17, 15) is 4.79 Å². The van der Waals surface area contributed by atoms with E-state index >= 15 is 0 Å². The van der Waals surface area contributed by atoms with Crippen LogP contribution in [0.1, 0.15) is 30.3 Å². The minimum atomic E-state index is -0.00713. The Morgan fingerprint density at radius 3 is 2.93 bits per heavy atom. The van der Waals surface area contributed by atoms with Gasteiger partial charge < -0.3 is 10.6 Å². The van der Waals surface area contributed by atoms with Gasteiger partial charge in [-0.1, -0.05) is 0 Å². The average Bonchev–Trinajstić information content (AvgIpc) is 3.03. The van der Waals surface area contributed by atoms with E-state index in [4.69, 9.17) is 5.73 Å². The van der Waals surface area contributed by atoms with E-state index in [0.717, 1.165) is 19.4 Å². The lowest BCUT2D eigenvalue weighted by Crippen LogP contribution is -2.33. The van der Waals surface area contributed by atoms with Crippen LogP contribution in [0, 0.1) is 0 Å². The molecule has 0 saturated heterocycles. The van der Waals surface area contributed by atoms with Gasteiger partial charge in [0.2, 0.25) is 0 Å². The Labute approximate surface area is 89.1 Å². The van der Waals surface area contributed by atoms with Crippen LogP contribution in [-0.2, 0) is 0 Å². The summed E-state index contributed by atoms with van der Waals surface area (Å²) >= 11 is 0. The second-order valence-electron chi connectivity index (χ2n) is 3.80. The highest BCUT2D eigenvalue weighted by molar-refractivity contribution is 5.93. The van der Waals surface area contributed by atoms with Crippen LogP contribution in [0.3, 0.4) is 0 Å². The third kappa shape index (κ3) is 2.09. The molecule has 0 radical (unpaired) electrons. The van der Waals surface area contributed by atoms with E-state index in [-0.39, 0.29) is 5.91 Å². The Kier molecular flexibility index (Phi) is 2.58. The number of amides is 1. The summed E-state index contributed by atoms with van der Waals surface area (Å²) in [6.07, 6.45) is 3.80. The molecular weight excluding hydrogens is 190 g/mol. The summed E-state index contributed by atoms with van der Waals surface area (Å²) in [6.45, 7) is 2.72. The maximum Gasteiger partial charge on any atom is 0.272 e. The predicted molar refractivity (Wildman–Crippen MR) is 58.4 cm³/mol. The highest BCUT2D eigenvalue weighted by Crippen LogP contribution is 2.27. The number of pyridine rings is 1. The second kappa shape index (κ2) is 3.88. The first-order chi connectivity index (χ1) is 7.22. The third-order valence-electron chi connectivity index (χ3n) is 2.59. The van der Waals surface area contributed by atoms with Gasteiger partial charge in [-0.05, 0) is 31.9 Å². The van der Waals surface area contributed by atoms with Crippen LogP contribution < -0.4 is 5.73 Å². The summed E-state index contributed by atoms with van der Waals surface area (Å²) in [5.41, 5.74) is 6.65. The van der Waals surface area contributed by atoms with Gasteiger partial charge in [-0.25, -0.2) is 0 Å². The van der Waals surface area contributed by atoms with E-state index in [1.165, 1.54) is 0 Å². The van der Waals surface area contributed by atoms with Crippen molar-refractivity contribution in [2.24, 2.45) is 0 Å². The quantitative estimate of drug-likeness (QED) is 0.808. The number of anilines is 1. The lowest BCUT2D eigenvalue weighted by molar-refractivity contribution is 0.0746. The summed E-state index contributed by atoms with van der Waals surface area (Å²) in [5.74, 6) is -0.00713. The average molecular weight is 205 g/mol. The molecule has 1 aromatic heterocycles. The van der Waals surface area contributed by atoms with Crippen molar-refractivity contribution in [1.82, 2.24) is 9.88 Å². The fourth-order valence-corrected chi connectivity index (χ4v) is 1.66. The number of nitrogen functional groups attached to an aromatic ring is 1. The zero-order valence-corrected chi connectivity index (χ0v) is 8.81. The number of nitrogens with zero attached hydrogens (tertiary/aromatic N) is 2. The van der Waals surface area contributed by atoms with Gasteiger partial charge in [0.1, 0.15) is 5.69 Å². The Hall–Kier alpha value is -1.58. The molecule has 15 heavy (non-hydrogen) atoms. The van der Waals surface area contributed by atoms with Crippen molar-refractivity contribution in [3.8, 4) is 0 Å². The molecule has 4 heteroatoms. The highest BCUT2D eigenvalue weighted by atomic mass is 16.2. The molecule has 1 aliphatic rings. The standard InChI is InChI=1S/C11H15N3O/c1-2-14(9-3-4-9)11(15)10-7-8(12)5-6-13-10/h5-7,9H,2-4H2,1H3,(H2,12,13). The molecule has 4 nitrogen and oxygen atoms in total. The van der Waals surface area contributed by atoms with Gasteiger partial charge in [-0.3, -0.25) is 9.78 Å². The molecule has 0 unspecified atom stereocenters. The van der Waals surface area contributed by atoms with Crippen molar-refractivity contribution < 1.29 is 4.79 Å². The number of rotatable bonds is 3. The van der Waals surface area contributed by atoms with Crippen molar-refractivity contribution in [2.75, 3.05) is 12.3 Å². The molecule has 0 aliphatic heterocycles. The van der Waals surface area contributed by atoms with Gasteiger partial charge in [0.25, 0.3) is 5.91 Å². The number of aromatic nitrogens is 1. The monoisotopic (exact) mass is 205 g/mol. The van der Waals surface area contributed by atoms with Crippen molar-refractivity contribution in [1.29, 1.82) is 0 Å². The number of carbonyl (C=O) groups is 1. The van der Waals surface area contributed by atoms with Crippen LogP contribution in [0.5, 0.6) is 0 Å². The summed E-state index contributed by atoms with van der Waals surface area (Å²) < 4.78 is 0. The number of hydrogen-bond donors (Lipinski definition) is 1. The van der Waals surface area contributed by atoms with Crippen LogP contribution in [0.25, 0.3) is 0 Å². The van der Waals surface area contributed by atoms with Crippen molar-refractivity contribution >= 4 is 11.6 Å². The van der Waals surface area contributed by atoms with Crippen LogP contribution in [0.15, 0.2) is 18.3 Å². The second-order valence-corrected chi connectivity index (χ2v) is 3.80. The smallest absolute Gasteiger partial charge is 0.272 e. The number of hydrogen-bond acceptors (Lipinski definition) is 3. The zero-order chi connectivity index (χ0) is 10.8. The molecule has 1 saturated carbocycles. The first-order valence-electron chi connectivity index (χ1n) is 5.25. The molecular formula is C11H15N3O. The Morgan fingerprint density at radius 2 is 2.40 bits per heavy atom. The Bertz CT molecular complexity index is 374. The van der Waals surface area contributed by atoms with Crippen LogP contribution in [0.4, 0.5) is 5.69 Å². The van der Waals surface area contributed by atoms with Crippen molar-refractivity contribution in [2.45, 2.75) is 25.8 Å². The van der Waals surface area contributed by atoms with Gasteiger partial charge in [0.15, 0.2) is 0 Å². The maximum atomic E-state index is 12.0. The number of carbonyl (C=O) groups excluding carboxylic acids is 1. The van der Waals surface area contributed by atoms with E-state index < -0.39 is 0 Å². The molecule has 2 N–H and O–H groups in total. The van der Waals surface area contributed by atoms with Gasteiger partial charge >= 0.3 is 0 Å². The van der Waals surface area contributed by atoms with E-state index in [1.54, 1.807) is 18.3 Å². The summed E-state index contributed by atoms with van der Waals surface area (Å²) in [7, 11) is 0. The summed E-state index contributed by atoms with van der Waals surface area (Å²) in [4.78, 5) is 17.9. The SMILES string of the molecule is CCN(C(=O)c1cc(N)ccn1)C1CC1. The molecule has 0 bridgehead atoms. The lowest BCUT2D eigenvalue weighted by Gasteiger charge is -2.19. The molecule has 1 amide bonds. The molecule has 80 valence electrons. The van der Waals surface area contributed by atoms with E-state index in [2.05, 4.69) is 4.98 Å². The number of nitrogens with two attached hydrogens (primary N) is 1. The van der Waals surface area contributed by atoms with Crippen LogP contribution in [-0.4, -0.2) is 28.4 Å². The summed E-state index contributed by atoms with van der Waals surface area (Å²) in [5, 5.41) is 0. The van der Waals surface area contributed by atoms with Gasteiger partial charge in [-0.2, -0.15) is 0 Å². The van der Waals surface area contributed by atoms with Crippen LogP contribution >= 0.6 is 0 Å². The molecule has 1 fully saturated rings. The van der Waals surface area contributed by atoms with Gasteiger partial charge in [0.05, 0.1) is 0 Å². The molecule has 0 atom stereocenters. The van der Waals surface area contributed by atoms with Gasteiger partial charge in [0, 0.05) is 24.5 Å². The van der Waals surface area contributed by atoms with E-state index in [1.807, 2.05) is 11.8 Å². The molecule has 0 aromatic carbocycles. The molecule has 1 aromatic rings. The van der Waals surface area contributed by atoms with Gasteiger partial charge in [-0.15, -0.1) is 0 Å². The lowest BCUT2D eigenvalue weighted by atomic mass is 10.3. The van der Waals surface area contributed by atoms with Crippen LogP contribution in [0.2, 0.25) is 0 Å². The molecule has 1 heterocycles. The topological polar surface area (TPSA) is 59.2 Å². The first-order valence-corrected chi connectivity index (χ1v) is 5.25. The minimum absolute atomic E-state index is 0.00713. The van der Waals surface area contributed by atoms with E-state index in [0.29, 0.717) is 17.4 Å². The molecule has 2 rings (SSSR count).